The third kappa shape index (κ3) is 5.00. The summed E-state index contributed by atoms with van der Waals surface area (Å²) in [7, 11) is 0. The van der Waals surface area contributed by atoms with Gasteiger partial charge in [0.15, 0.2) is 0 Å². The van der Waals surface area contributed by atoms with Gasteiger partial charge in [-0.1, -0.05) is 6.92 Å². The first-order valence-corrected chi connectivity index (χ1v) is 14.9. The zero-order chi connectivity index (χ0) is 29.0. The summed E-state index contributed by atoms with van der Waals surface area (Å²) < 4.78 is 1.28. The predicted molar refractivity (Wildman–Crippen MR) is 144 cm³/mol. The molecule has 0 spiro atoms. The molecule has 15 nitrogen and oxygen atoms in total. The maximum Gasteiger partial charge on any atom is 0.353 e. The predicted octanol–water partition coefficient (Wildman–Crippen LogP) is -2.40. The lowest BCUT2D eigenvalue weighted by Gasteiger charge is -2.47. The van der Waals surface area contributed by atoms with Crippen LogP contribution in [0.3, 0.4) is 0 Å². The van der Waals surface area contributed by atoms with Crippen LogP contribution in [0.15, 0.2) is 16.9 Å². The smallest absolute Gasteiger partial charge is 0.353 e. The SMILES string of the molecule is CC(NC(=O)Cn1cnnn1)[C@H]1C(=O)N2C(C(=O)O)=C(S[C@@H]3CN[C@H](C(=O)N4CC5CC(CO)NC5C4)C3)[C@H](C)[C@H]12. The van der Waals surface area contributed by atoms with E-state index in [9.17, 15) is 29.4 Å². The van der Waals surface area contributed by atoms with Gasteiger partial charge in [0.25, 0.3) is 0 Å². The number of aliphatic hydroxyl groups excluding tert-OH is 1. The molecule has 6 rings (SSSR count). The number of amides is 3. The number of nitrogens with one attached hydrogen (secondary N) is 3. The molecule has 16 heteroatoms. The third-order valence-electron chi connectivity index (χ3n) is 9.11. The average molecular weight is 590 g/mol. The van der Waals surface area contributed by atoms with Crippen LogP contribution in [0.25, 0.3) is 0 Å². The highest BCUT2D eigenvalue weighted by atomic mass is 32.2. The van der Waals surface area contributed by atoms with Crippen molar-refractivity contribution in [2.45, 2.75) is 68.7 Å². The molecule has 41 heavy (non-hydrogen) atoms. The van der Waals surface area contributed by atoms with Crippen molar-refractivity contribution in [2.75, 3.05) is 26.2 Å². The highest BCUT2D eigenvalue weighted by Gasteiger charge is 2.60. The monoisotopic (exact) mass is 589 g/mol. The van der Waals surface area contributed by atoms with Gasteiger partial charge in [-0.05, 0) is 36.1 Å². The van der Waals surface area contributed by atoms with Gasteiger partial charge in [-0.2, -0.15) is 0 Å². The van der Waals surface area contributed by atoms with E-state index in [0.29, 0.717) is 36.9 Å². The van der Waals surface area contributed by atoms with Gasteiger partial charge in [0.1, 0.15) is 18.6 Å². The van der Waals surface area contributed by atoms with Crippen LogP contribution in [0.4, 0.5) is 0 Å². The van der Waals surface area contributed by atoms with Gasteiger partial charge in [-0.15, -0.1) is 16.9 Å². The molecule has 6 heterocycles. The normalized spacial score (nSPS) is 35.0. The fourth-order valence-electron chi connectivity index (χ4n) is 7.21. The summed E-state index contributed by atoms with van der Waals surface area (Å²) in [5.41, 5.74) is 0.00706. The Morgan fingerprint density at radius 1 is 1.27 bits per heavy atom. The number of carbonyl (C=O) groups is 4. The number of aromatic nitrogens is 4. The molecule has 4 unspecified atom stereocenters. The number of thioether (sulfide) groups is 1. The first-order valence-electron chi connectivity index (χ1n) is 14.0. The van der Waals surface area contributed by atoms with Crippen molar-refractivity contribution in [1.29, 1.82) is 0 Å². The number of β-lactam (4-membered cyclic amide) rings is 1. The molecule has 1 aromatic rings. The van der Waals surface area contributed by atoms with E-state index in [1.807, 2.05) is 11.8 Å². The third-order valence-corrected chi connectivity index (χ3v) is 10.6. The number of aliphatic carboxylic acids is 1. The Morgan fingerprint density at radius 2 is 2.07 bits per heavy atom. The van der Waals surface area contributed by atoms with Gasteiger partial charge < -0.3 is 36.0 Å². The van der Waals surface area contributed by atoms with E-state index in [1.165, 1.54) is 27.7 Å². The van der Waals surface area contributed by atoms with Crippen LogP contribution in [-0.2, 0) is 25.7 Å². The van der Waals surface area contributed by atoms with Crippen molar-refractivity contribution in [3.63, 3.8) is 0 Å². The van der Waals surface area contributed by atoms with Crippen molar-refractivity contribution in [3.05, 3.63) is 16.9 Å². The summed E-state index contributed by atoms with van der Waals surface area (Å²) in [4.78, 5) is 55.2. The van der Waals surface area contributed by atoms with Gasteiger partial charge in [0.2, 0.25) is 17.7 Å². The van der Waals surface area contributed by atoms with E-state index in [-0.39, 0.29) is 71.9 Å². The van der Waals surface area contributed by atoms with Crippen LogP contribution in [-0.4, -0.2) is 126 Å². The number of tetrazole rings is 1. The van der Waals surface area contributed by atoms with Crippen LogP contribution in [0, 0.1) is 17.8 Å². The summed E-state index contributed by atoms with van der Waals surface area (Å²) in [6.45, 7) is 5.56. The number of carbonyl (C=O) groups excluding carboxylic acids is 3. The number of nitrogens with zero attached hydrogens (tertiary/aromatic N) is 6. The largest absolute Gasteiger partial charge is 0.477 e. The Balaban J connectivity index is 1.07. The van der Waals surface area contributed by atoms with Crippen molar-refractivity contribution < 1.29 is 29.4 Å². The highest BCUT2D eigenvalue weighted by molar-refractivity contribution is 8.03. The topological polar surface area (TPSA) is 195 Å². The van der Waals surface area contributed by atoms with E-state index in [2.05, 4.69) is 31.5 Å². The van der Waals surface area contributed by atoms with Crippen LogP contribution < -0.4 is 16.0 Å². The summed E-state index contributed by atoms with van der Waals surface area (Å²) in [6, 6.07) is -0.900. The molecule has 0 saturated carbocycles. The Bertz CT molecular complexity index is 1250. The second-order valence-electron chi connectivity index (χ2n) is 11.7. The van der Waals surface area contributed by atoms with E-state index in [4.69, 9.17) is 0 Å². The lowest BCUT2D eigenvalue weighted by molar-refractivity contribution is -0.158. The lowest BCUT2D eigenvalue weighted by atomic mass is 9.78. The molecule has 0 bridgehead atoms. The molecule has 9 atom stereocenters. The van der Waals surface area contributed by atoms with E-state index < -0.39 is 17.9 Å². The molecule has 0 aliphatic carbocycles. The molecule has 4 saturated heterocycles. The fraction of sp³-hybridized carbons (Fsp3) is 0.720. The standard InChI is InChI=1S/C25H35N9O6S/c1-11-20-19(12(2)28-18(36)8-33-10-27-30-31-33)24(38)34(20)21(25(39)40)22(11)41-15-4-16(26-5-15)23(37)32-6-13-3-14(9-35)29-17(13)7-32/h10-17,19-20,26,29,35H,3-9H2,1-2H3,(H,28,36)(H,39,40)/t11-,12?,13?,14?,15+,16+,17?,19-,20-/m1/s1. The summed E-state index contributed by atoms with van der Waals surface area (Å²) in [5.74, 6) is -2.19. The number of hydrogen-bond acceptors (Lipinski definition) is 11. The molecular weight excluding hydrogens is 554 g/mol. The summed E-state index contributed by atoms with van der Waals surface area (Å²) >= 11 is 1.44. The molecular formula is C25H35N9O6S. The number of rotatable bonds is 9. The summed E-state index contributed by atoms with van der Waals surface area (Å²) in [6.07, 6.45) is 2.75. The van der Waals surface area contributed by atoms with Crippen LogP contribution in [0.1, 0.15) is 26.7 Å². The Hall–Kier alpha value is -3.08. The van der Waals surface area contributed by atoms with Crippen molar-refractivity contribution in [2.24, 2.45) is 17.8 Å². The lowest BCUT2D eigenvalue weighted by Crippen LogP contribution is -2.66. The molecule has 0 radical (unpaired) electrons. The zero-order valence-electron chi connectivity index (χ0n) is 22.8. The number of fused-ring (bicyclic) bond motifs is 2. The molecule has 5 aliphatic rings. The Morgan fingerprint density at radius 3 is 2.76 bits per heavy atom. The number of likely N-dealkylation sites (tertiary alicyclic amines) is 1. The van der Waals surface area contributed by atoms with Gasteiger partial charge in [-0.3, -0.25) is 14.4 Å². The molecule has 0 aromatic carbocycles. The van der Waals surface area contributed by atoms with Crippen LogP contribution in [0.2, 0.25) is 0 Å². The average Bonchev–Trinajstić information content (AvgIpc) is 3.73. The van der Waals surface area contributed by atoms with Crippen molar-refractivity contribution in [1.82, 2.24) is 46.0 Å². The van der Waals surface area contributed by atoms with E-state index in [1.54, 1.807) is 6.92 Å². The first kappa shape index (κ1) is 28.1. The Kier molecular flexibility index (Phi) is 7.50. The minimum Gasteiger partial charge on any atom is -0.477 e. The summed E-state index contributed by atoms with van der Waals surface area (Å²) in [5, 5.41) is 39.7. The second-order valence-corrected chi connectivity index (χ2v) is 13.1. The number of hydrogen-bond donors (Lipinski definition) is 5. The number of carboxylic acids is 1. The molecule has 1 aromatic heterocycles. The number of carboxylic acid groups (broad SMARTS) is 1. The maximum atomic E-state index is 13.3. The van der Waals surface area contributed by atoms with Gasteiger partial charge in [0.05, 0.1) is 24.6 Å². The zero-order valence-corrected chi connectivity index (χ0v) is 23.7. The molecule has 4 fully saturated rings. The van der Waals surface area contributed by atoms with Crippen LogP contribution >= 0.6 is 11.8 Å². The fourth-order valence-corrected chi connectivity index (χ4v) is 8.69. The van der Waals surface area contributed by atoms with Gasteiger partial charge >= 0.3 is 5.97 Å². The minimum absolute atomic E-state index is 0.00706. The van der Waals surface area contributed by atoms with Crippen molar-refractivity contribution in [3.8, 4) is 0 Å². The van der Waals surface area contributed by atoms with E-state index >= 15 is 0 Å². The molecule has 3 amide bonds. The molecule has 5 aliphatic heterocycles. The quantitative estimate of drug-likeness (QED) is 0.192. The first-order chi connectivity index (χ1) is 19.7. The highest BCUT2D eigenvalue weighted by Crippen LogP contribution is 2.52. The Labute approximate surface area is 240 Å². The van der Waals surface area contributed by atoms with Gasteiger partial charge in [0, 0.05) is 53.8 Å². The number of aliphatic hydroxyl groups is 1. The van der Waals surface area contributed by atoms with Crippen molar-refractivity contribution >= 4 is 35.5 Å². The van der Waals surface area contributed by atoms with Crippen LogP contribution in [0.5, 0.6) is 0 Å². The molecule has 5 N–H and O–H groups in total. The van der Waals surface area contributed by atoms with Gasteiger partial charge in [-0.25, -0.2) is 9.48 Å². The molecule has 222 valence electrons. The minimum atomic E-state index is -1.15. The second kappa shape index (κ2) is 11.0. The van der Waals surface area contributed by atoms with E-state index in [0.717, 1.165) is 6.42 Å². The maximum absolute atomic E-state index is 13.3.